The molecule has 2 heteroatoms. The van der Waals surface area contributed by atoms with Crippen molar-refractivity contribution in [1.29, 1.82) is 0 Å². The molecule has 1 fully saturated rings. The normalized spacial score (nSPS) is 25.7. The van der Waals surface area contributed by atoms with Crippen LogP contribution in [0.1, 0.15) is 30.4 Å². The van der Waals surface area contributed by atoms with Gasteiger partial charge in [-0.1, -0.05) is 29.8 Å². The van der Waals surface area contributed by atoms with Crippen molar-refractivity contribution >= 4 is 0 Å². The Hall–Kier alpha value is -0.860. The lowest BCUT2D eigenvalue weighted by atomic mass is 10.2. The van der Waals surface area contributed by atoms with Gasteiger partial charge in [-0.15, -0.1) is 0 Å². The Morgan fingerprint density at radius 2 is 2.00 bits per heavy atom. The zero-order valence-electron chi connectivity index (χ0n) is 9.28. The second-order valence-electron chi connectivity index (χ2n) is 4.49. The maximum Gasteiger partial charge on any atom is 0.0720 e. The molecular formula is C13H19NO. The number of hydrogen-bond acceptors (Lipinski definition) is 2. The third-order valence-corrected chi connectivity index (χ3v) is 3.03. The van der Waals surface area contributed by atoms with Gasteiger partial charge >= 0.3 is 0 Å². The van der Waals surface area contributed by atoms with Crippen LogP contribution in [0.4, 0.5) is 0 Å². The zero-order chi connectivity index (χ0) is 10.7. The number of rotatable bonds is 3. The summed E-state index contributed by atoms with van der Waals surface area (Å²) in [5, 5.41) is 0. The fraction of sp³-hybridized carbons (Fsp3) is 0.538. The van der Waals surface area contributed by atoms with Gasteiger partial charge in [0, 0.05) is 6.04 Å². The van der Waals surface area contributed by atoms with Gasteiger partial charge in [-0.05, 0) is 31.7 Å². The standard InChI is InChI=1S/C13H19NO/c1-10-2-4-11(5-3-10)9-15-13-7-6-12(14)8-13/h2-5,12-13H,6-9,14H2,1H3. The summed E-state index contributed by atoms with van der Waals surface area (Å²) in [4.78, 5) is 0. The van der Waals surface area contributed by atoms with Crippen molar-refractivity contribution in [3.8, 4) is 0 Å². The fourth-order valence-corrected chi connectivity index (χ4v) is 2.02. The molecule has 0 heterocycles. The van der Waals surface area contributed by atoms with E-state index in [1.54, 1.807) is 0 Å². The first-order valence-electron chi connectivity index (χ1n) is 5.67. The van der Waals surface area contributed by atoms with Crippen LogP contribution in [0.25, 0.3) is 0 Å². The highest BCUT2D eigenvalue weighted by Gasteiger charge is 2.21. The molecule has 15 heavy (non-hydrogen) atoms. The number of benzene rings is 1. The third kappa shape index (κ3) is 3.05. The molecule has 1 aliphatic carbocycles. The molecule has 0 aromatic heterocycles. The predicted octanol–water partition coefficient (Wildman–Crippen LogP) is 2.39. The number of ether oxygens (including phenoxy) is 1. The lowest BCUT2D eigenvalue weighted by Gasteiger charge is -2.11. The molecule has 0 spiro atoms. The first kappa shape index (κ1) is 10.7. The first-order chi connectivity index (χ1) is 7.24. The molecule has 82 valence electrons. The Morgan fingerprint density at radius 1 is 1.27 bits per heavy atom. The molecule has 0 aliphatic heterocycles. The SMILES string of the molecule is Cc1ccc(COC2CCC(N)C2)cc1. The van der Waals surface area contributed by atoms with Gasteiger partial charge in [-0.25, -0.2) is 0 Å². The minimum atomic E-state index is 0.355. The van der Waals surface area contributed by atoms with E-state index in [0.29, 0.717) is 12.1 Å². The summed E-state index contributed by atoms with van der Waals surface area (Å²) in [6.45, 7) is 2.82. The van der Waals surface area contributed by atoms with E-state index < -0.39 is 0 Å². The highest BCUT2D eigenvalue weighted by Crippen LogP contribution is 2.21. The van der Waals surface area contributed by atoms with Crippen molar-refractivity contribution in [2.45, 2.75) is 44.9 Å². The monoisotopic (exact) mass is 205 g/mol. The van der Waals surface area contributed by atoms with Gasteiger partial charge in [0.2, 0.25) is 0 Å². The van der Waals surface area contributed by atoms with E-state index in [1.165, 1.54) is 11.1 Å². The summed E-state index contributed by atoms with van der Waals surface area (Å²) in [5.74, 6) is 0. The molecule has 0 radical (unpaired) electrons. The summed E-state index contributed by atoms with van der Waals surface area (Å²) >= 11 is 0. The van der Waals surface area contributed by atoms with Gasteiger partial charge in [0.25, 0.3) is 0 Å². The first-order valence-corrected chi connectivity index (χ1v) is 5.67. The Labute approximate surface area is 91.4 Å². The van der Waals surface area contributed by atoms with Crippen LogP contribution >= 0.6 is 0 Å². The molecule has 1 aliphatic rings. The topological polar surface area (TPSA) is 35.2 Å². The maximum absolute atomic E-state index is 5.83. The molecule has 0 saturated heterocycles. The van der Waals surface area contributed by atoms with Crippen molar-refractivity contribution in [2.75, 3.05) is 0 Å². The summed E-state index contributed by atoms with van der Waals surface area (Å²) in [6.07, 6.45) is 3.62. The van der Waals surface area contributed by atoms with Gasteiger partial charge < -0.3 is 10.5 Å². The summed E-state index contributed by atoms with van der Waals surface area (Å²) in [7, 11) is 0. The average Bonchev–Trinajstić information content (AvgIpc) is 2.64. The summed E-state index contributed by atoms with van der Waals surface area (Å²) in [6, 6.07) is 8.86. The second-order valence-corrected chi connectivity index (χ2v) is 4.49. The van der Waals surface area contributed by atoms with Crippen molar-refractivity contribution in [3.05, 3.63) is 35.4 Å². The smallest absolute Gasteiger partial charge is 0.0720 e. The molecule has 0 amide bonds. The van der Waals surface area contributed by atoms with Crippen LogP contribution < -0.4 is 5.73 Å². The van der Waals surface area contributed by atoms with Crippen LogP contribution in [0, 0.1) is 6.92 Å². The minimum Gasteiger partial charge on any atom is -0.373 e. The van der Waals surface area contributed by atoms with Crippen molar-refractivity contribution in [2.24, 2.45) is 5.73 Å². The molecule has 2 unspecified atom stereocenters. The van der Waals surface area contributed by atoms with E-state index in [2.05, 4.69) is 31.2 Å². The van der Waals surface area contributed by atoms with Crippen molar-refractivity contribution in [1.82, 2.24) is 0 Å². The van der Waals surface area contributed by atoms with Crippen LogP contribution in [0.2, 0.25) is 0 Å². The molecule has 2 rings (SSSR count). The third-order valence-electron chi connectivity index (χ3n) is 3.03. The number of aryl methyl sites for hydroxylation is 1. The lowest BCUT2D eigenvalue weighted by molar-refractivity contribution is 0.0448. The molecule has 1 aromatic carbocycles. The Kier molecular flexibility index (Phi) is 3.39. The number of nitrogens with two attached hydrogens (primary N) is 1. The van der Waals surface area contributed by atoms with Gasteiger partial charge in [0.1, 0.15) is 0 Å². The van der Waals surface area contributed by atoms with Crippen LogP contribution in [0.5, 0.6) is 0 Å². The Morgan fingerprint density at radius 3 is 2.60 bits per heavy atom. The highest BCUT2D eigenvalue weighted by molar-refractivity contribution is 5.20. The maximum atomic E-state index is 5.83. The molecular weight excluding hydrogens is 186 g/mol. The van der Waals surface area contributed by atoms with Crippen LogP contribution in [0.3, 0.4) is 0 Å². The van der Waals surface area contributed by atoms with Crippen LogP contribution in [-0.4, -0.2) is 12.1 Å². The summed E-state index contributed by atoms with van der Waals surface area (Å²) < 4.78 is 5.82. The van der Waals surface area contributed by atoms with E-state index in [1.807, 2.05) is 0 Å². The van der Waals surface area contributed by atoms with Crippen molar-refractivity contribution < 1.29 is 4.74 Å². The van der Waals surface area contributed by atoms with Crippen molar-refractivity contribution in [3.63, 3.8) is 0 Å². The van der Waals surface area contributed by atoms with E-state index in [4.69, 9.17) is 10.5 Å². The van der Waals surface area contributed by atoms with Gasteiger partial charge in [-0.3, -0.25) is 0 Å². The van der Waals surface area contributed by atoms with Gasteiger partial charge in [-0.2, -0.15) is 0 Å². The zero-order valence-corrected chi connectivity index (χ0v) is 9.28. The van der Waals surface area contributed by atoms with Gasteiger partial charge in [0.05, 0.1) is 12.7 Å². The lowest BCUT2D eigenvalue weighted by Crippen LogP contribution is -2.17. The summed E-state index contributed by atoms with van der Waals surface area (Å²) in [5.41, 5.74) is 8.38. The highest BCUT2D eigenvalue weighted by atomic mass is 16.5. The quantitative estimate of drug-likeness (QED) is 0.822. The van der Waals surface area contributed by atoms with Crippen LogP contribution in [0.15, 0.2) is 24.3 Å². The predicted molar refractivity (Wildman–Crippen MR) is 61.6 cm³/mol. The van der Waals surface area contributed by atoms with Gasteiger partial charge in [0.15, 0.2) is 0 Å². The largest absolute Gasteiger partial charge is 0.373 e. The average molecular weight is 205 g/mol. The molecule has 0 bridgehead atoms. The number of hydrogen-bond donors (Lipinski definition) is 1. The molecule has 2 nitrogen and oxygen atoms in total. The molecule has 1 aromatic rings. The Balaban J connectivity index is 1.80. The molecule has 1 saturated carbocycles. The van der Waals surface area contributed by atoms with E-state index in [0.717, 1.165) is 25.9 Å². The Bertz CT molecular complexity index is 307. The second kappa shape index (κ2) is 4.77. The van der Waals surface area contributed by atoms with E-state index >= 15 is 0 Å². The molecule has 2 N–H and O–H groups in total. The fourth-order valence-electron chi connectivity index (χ4n) is 2.02. The van der Waals surface area contributed by atoms with Crippen LogP contribution in [-0.2, 0) is 11.3 Å². The van der Waals surface area contributed by atoms with E-state index in [9.17, 15) is 0 Å². The minimum absolute atomic E-state index is 0.355. The molecule has 2 atom stereocenters. The van der Waals surface area contributed by atoms with E-state index in [-0.39, 0.29) is 0 Å².